The van der Waals surface area contributed by atoms with Crippen LogP contribution in [0.15, 0.2) is 73.2 Å². The number of ether oxygens (including phenoxy) is 1. The van der Waals surface area contributed by atoms with E-state index in [0.717, 1.165) is 49.8 Å². The van der Waals surface area contributed by atoms with Crippen molar-refractivity contribution in [1.29, 1.82) is 0 Å². The Balaban J connectivity index is 1.26. The van der Waals surface area contributed by atoms with Gasteiger partial charge in [0.15, 0.2) is 0 Å². The van der Waals surface area contributed by atoms with Gasteiger partial charge in [0.05, 0.1) is 18.2 Å². The molecule has 1 unspecified atom stereocenters. The minimum absolute atomic E-state index is 0.00896. The molecular weight excluding hydrogens is 809 g/mol. The molecule has 62 heavy (non-hydrogen) atoms. The highest BCUT2D eigenvalue weighted by Crippen LogP contribution is 2.40. The first-order chi connectivity index (χ1) is 29.5. The summed E-state index contributed by atoms with van der Waals surface area (Å²) in [6.45, 7) is 14.6. The summed E-state index contributed by atoms with van der Waals surface area (Å²) in [6, 6.07) is 11.5. The van der Waals surface area contributed by atoms with Crippen LogP contribution in [0.4, 0.5) is 0 Å². The largest absolute Gasteiger partial charge is 0.464 e. The van der Waals surface area contributed by atoms with E-state index in [0.29, 0.717) is 38.8 Å². The average Bonchev–Trinajstić information content (AvgIpc) is 3.88. The van der Waals surface area contributed by atoms with Crippen LogP contribution in [0.1, 0.15) is 65.0 Å². The molecule has 0 radical (unpaired) electrons. The van der Waals surface area contributed by atoms with Gasteiger partial charge in [-0.05, 0) is 72.9 Å². The number of carbonyl (C=O) groups excluding carboxylic acids is 4. The van der Waals surface area contributed by atoms with E-state index in [9.17, 15) is 27.6 Å². The molecule has 2 N–H and O–H groups in total. The lowest BCUT2D eigenvalue weighted by Gasteiger charge is -2.37. The number of aromatic nitrogens is 3. The lowest BCUT2D eigenvalue weighted by atomic mass is 9.84. The molecule has 6 bridgehead atoms. The molecule has 2 aromatic heterocycles. The number of sulfonamides is 1. The van der Waals surface area contributed by atoms with Crippen molar-refractivity contribution in [3.8, 4) is 22.4 Å². The zero-order valence-corrected chi connectivity index (χ0v) is 37.3. The number of carbonyl (C=O) groups is 4. The Hall–Kier alpha value is -5.45. The van der Waals surface area contributed by atoms with Crippen molar-refractivity contribution >= 4 is 44.6 Å². The molecule has 5 heterocycles. The van der Waals surface area contributed by atoms with Crippen LogP contribution in [0.3, 0.4) is 0 Å². The fourth-order valence-electron chi connectivity index (χ4n) is 9.25. The minimum Gasteiger partial charge on any atom is -0.464 e. The van der Waals surface area contributed by atoms with Gasteiger partial charge in [-0.1, -0.05) is 64.6 Å². The van der Waals surface area contributed by atoms with Crippen molar-refractivity contribution in [3.05, 3.63) is 84.3 Å². The maximum Gasteiger partial charge on any atom is 0.324 e. The third-order valence-electron chi connectivity index (χ3n) is 12.4. The summed E-state index contributed by atoms with van der Waals surface area (Å²) in [5, 5.41) is 6.35. The van der Waals surface area contributed by atoms with Gasteiger partial charge in [0.1, 0.15) is 24.5 Å². The normalized spacial score (nSPS) is 21.6. The Morgan fingerprint density at radius 1 is 1.06 bits per heavy atom. The number of esters is 1. The molecule has 3 aliphatic heterocycles. The third kappa shape index (κ3) is 9.18. The van der Waals surface area contributed by atoms with Crippen LogP contribution in [0.5, 0.6) is 0 Å². The lowest BCUT2D eigenvalue weighted by Crippen LogP contribution is -2.62. The summed E-state index contributed by atoms with van der Waals surface area (Å²) in [4.78, 5) is 66.7. The number of cyclic esters (lactones) is 1. The molecule has 330 valence electrons. The van der Waals surface area contributed by atoms with Gasteiger partial charge in [0.25, 0.3) is 5.91 Å². The lowest BCUT2D eigenvalue weighted by molar-refractivity contribution is -0.155. The van der Waals surface area contributed by atoms with Crippen molar-refractivity contribution < 1.29 is 32.3 Å². The second-order valence-corrected chi connectivity index (χ2v) is 19.7. The molecule has 4 aromatic rings. The molecule has 7 rings (SSSR count). The maximum atomic E-state index is 14.6. The van der Waals surface area contributed by atoms with Crippen molar-refractivity contribution in [2.45, 2.75) is 91.4 Å². The molecule has 15 nitrogen and oxygen atoms in total. The number of fused-ring (bicyclic) bond motifs is 6. The Kier molecular flexibility index (Phi) is 13.0. The number of hydrogen-bond acceptors (Lipinski definition) is 10. The minimum atomic E-state index is -3.70. The molecule has 3 amide bonds. The van der Waals surface area contributed by atoms with Crippen LogP contribution in [0.25, 0.3) is 33.3 Å². The number of benzene rings is 2. The SMILES string of the molecule is C=CS(=O)(=O)N1CC[C@H](C(=O)N(C)C(C(=O)N[C@H]2Cc3cccc(c3)-c3ccc4c(c3)c(c(-c3cncnc3)n4CC)CC(C)(C)COC(=O)[C@@H]3CCCN(N3)C2=O)C(C)C)C1. The smallest absolute Gasteiger partial charge is 0.324 e. The van der Waals surface area contributed by atoms with Gasteiger partial charge in [-0.15, -0.1) is 0 Å². The summed E-state index contributed by atoms with van der Waals surface area (Å²) < 4.78 is 34.5. The third-order valence-corrected chi connectivity index (χ3v) is 13.8. The van der Waals surface area contributed by atoms with Crippen molar-refractivity contribution in [2.24, 2.45) is 17.3 Å². The van der Waals surface area contributed by atoms with Crippen LogP contribution in [-0.2, 0) is 53.3 Å². The number of nitrogens with one attached hydrogen (secondary N) is 2. The molecule has 0 aliphatic carbocycles. The van der Waals surface area contributed by atoms with E-state index in [4.69, 9.17) is 4.74 Å². The van der Waals surface area contributed by atoms with Gasteiger partial charge in [-0.25, -0.2) is 23.8 Å². The topological polar surface area (TPSA) is 176 Å². The predicted molar refractivity (Wildman–Crippen MR) is 236 cm³/mol. The number of amides is 3. The molecule has 4 atom stereocenters. The van der Waals surface area contributed by atoms with E-state index in [1.54, 1.807) is 7.05 Å². The molecule has 3 aliphatic rings. The molecule has 0 saturated carbocycles. The monoisotopic (exact) mass is 866 g/mol. The summed E-state index contributed by atoms with van der Waals surface area (Å²) in [5.41, 5.74) is 9.39. The fraction of sp³-hybridized carbons (Fsp3) is 0.478. The van der Waals surface area contributed by atoms with Crippen LogP contribution in [0.2, 0.25) is 0 Å². The first-order valence-electron chi connectivity index (χ1n) is 21.5. The predicted octanol–water partition coefficient (Wildman–Crippen LogP) is 4.71. The molecule has 2 fully saturated rings. The molecule has 16 heteroatoms. The Bertz CT molecular complexity index is 2470. The van der Waals surface area contributed by atoms with E-state index in [1.807, 2.05) is 50.5 Å². The van der Waals surface area contributed by atoms with Gasteiger partial charge in [0.2, 0.25) is 21.8 Å². The van der Waals surface area contributed by atoms with Crippen molar-refractivity contribution in [2.75, 3.05) is 33.3 Å². The average molecular weight is 867 g/mol. The highest BCUT2D eigenvalue weighted by molar-refractivity contribution is 7.92. The number of nitrogens with zero attached hydrogens (tertiary/aromatic N) is 6. The van der Waals surface area contributed by atoms with Crippen LogP contribution in [-0.4, -0.2) is 112 Å². The number of hydrazine groups is 1. The Morgan fingerprint density at radius 3 is 2.52 bits per heavy atom. The van der Waals surface area contributed by atoms with E-state index < -0.39 is 57.3 Å². The highest BCUT2D eigenvalue weighted by atomic mass is 32.2. The van der Waals surface area contributed by atoms with Gasteiger partial charge in [-0.3, -0.25) is 24.2 Å². The van der Waals surface area contributed by atoms with Crippen molar-refractivity contribution in [3.63, 3.8) is 0 Å². The summed E-state index contributed by atoms with van der Waals surface area (Å²) >= 11 is 0. The summed E-state index contributed by atoms with van der Waals surface area (Å²) in [6.07, 6.45) is 7.18. The first-order valence-corrected chi connectivity index (χ1v) is 23.0. The number of rotatable bonds is 9. The molecule has 2 saturated heterocycles. The maximum absolute atomic E-state index is 14.6. The van der Waals surface area contributed by atoms with Crippen LogP contribution >= 0.6 is 0 Å². The second-order valence-electron chi connectivity index (χ2n) is 17.9. The molecular formula is C46H58N8O7S. The van der Waals surface area contributed by atoms with Crippen molar-refractivity contribution in [1.82, 2.24) is 39.5 Å². The number of hydrogen-bond donors (Lipinski definition) is 2. The van der Waals surface area contributed by atoms with E-state index in [1.165, 1.54) is 20.5 Å². The Labute approximate surface area is 363 Å². The number of likely N-dealkylation sites (N-methyl/N-ethyl adjacent to an activating group) is 1. The zero-order chi connectivity index (χ0) is 44.5. The molecule has 0 spiro atoms. The summed E-state index contributed by atoms with van der Waals surface area (Å²) in [7, 11) is -2.16. The van der Waals surface area contributed by atoms with Gasteiger partial charge < -0.3 is 19.5 Å². The summed E-state index contributed by atoms with van der Waals surface area (Å²) in [5.74, 6) is -2.76. The van der Waals surface area contributed by atoms with Crippen LogP contribution < -0.4 is 10.7 Å². The zero-order valence-electron chi connectivity index (χ0n) is 36.5. The van der Waals surface area contributed by atoms with Gasteiger partial charge in [-0.2, -0.15) is 4.31 Å². The Morgan fingerprint density at radius 2 is 1.81 bits per heavy atom. The molecule has 2 aromatic carbocycles. The van der Waals surface area contributed by atoms with Gasteiger partial charge in [0, 0.05) is 79.3 Å². The fourth-order valence-corrected chi connectivity index (χ4v) is 10.2. The van der Waals surface area contributed by atoms with E-state index in [2.05, 4.69) is 70.8 Å². The quantitative estimate of drug-likeness (QED) is 0.224. The second kappa shape index (κ2) is 18.1. The number of aryl methyl sites for hydroxylation is 1. The highest BCUT2D eigenvalue weighted by Gasteiger charge is 2.41. The van der Waals surface area contributed by atoms with Gasteiger partial charge >= 0.3 is 5.97 Å². The van der Waals surface area contributed by atoms with E-state index >= 15 is 0 Å². The standard InChI is InChI=1S/C46H58N8O7S/c1-8-53-39-16-15-32-22-35(39)36(41(53)34-24-47-28-48-25-34)23-46(5,6)27-61-45(58)37-14-11-18-54(50-37)44(57)38(21-30-12-10-13-31(32)20-30)49-42(55)40(29(3)4)51(7)43(56)33-17-19-52(26-33)62(59,60)9-2/h9-10,12-13,15-16,20,22,24-25,28-29,33,37-38,40,50H,2,8,11,14,17-19,21,23,26-27H2,1,3-7H3,(H,49,55)/t33-,37-,38-,40?/m0/s1. The van der Waals surface area contributed by atoms with E-state index in [-0.39, 0.29) is 37.9 Å². The van der Waals surface area contributed by atoms with Crippen LogP contribution in [0, 0.1) is 17.3 Å². The first kappa shape index (κ1) is 44.6.